The summed E-state index contributed by atoms with van der Waals surface area (Å²) in [6, 6.07) is 13.7. The molecule has 0 saturated heterocycles. The minimum Gasteiger partial charge on any atom is -0.254 e. The summed E-state index contributed by atoms with van der Waals surface area (Å²) in [5.41, 5.74) is 1.88. The molecule has 1 atom stereocenters. The molecule has 0 amide bonds. The van der Waals surface area contributed by atoms with E-state index in [1.807, 2.05) is 24.3 Å². The van der Waals surface area contributed by atoms with Crippen molar-refractivity contribution in [2.75, 3.05) is 0 Å². The van der Waals surface area contributed by atoms with Gasteiger partial charge in [0.25, 0.3) is 0 Å². The number of hydrogen-bond donors (Lipinski definition) is 0. The first-order valence-corrected chi connectivity index (χ1v) is 8.00. The van der Waals surface area contributed by atoms with E-state index in [1.54, 1.807) is 12.1 Å². The van der Waals surface area contributed by atoms with Gasteiger partial charge in [-0.1, -0.05) is 32.0 Å². The first-order valence-electron chi connectivity index (χ1n) is 6.68. The van der Waals surface area contributed by atoms with E-state index in [4.69, 9.17) is 5.26 Å². The molecule has 2 nitrogen and oxygen atoms in total. The van der Waals surface area contributed by atoms with Crippen LogP contribution in [0.1, 0.15) is 36.5 Å². The molecule has 1 unspecified atom stereocenters. The van der Waals surface area contributed by atoms with Crippen molar-refractivity contribution in [3.05, 3.63) is 65.0 Å². The molecular weight excluding hydrogens is 285 g/mol. The van der Waals surface area contributed by atoms with Crippen LogP contribution in [0.3, 0.4) is 0 Å². The van der Waals surface area contributed by atoms with Crippen LogP contribution >= 0.6 is 0 Å². The van der Waals surface area contributed by atoms with Gasteiger partial charge in [-0.25, -0.2) is 4.39 Å². The summed E-state index contributed by atoms with van der Waals surface area (Å²) >= 11 is 0. The van der Waals surface area contributed by atoms with E-state index in [0.29, 0.717) is 11.5 Å². The molecule has 0 N–H and O–H groups in total. The summed E-state index contributed by atoms with van der Waals surface area (Å²) in [4.78, 5) is 0.738. The highest BCUT2D eigenvalue weighted by molar-refractivity contribution is 7.84. The minimum absolute atomic E-state index is 0.0142. The van der Waals surface area contributed by atoms with Gasteiger partial charge in [0.2, 0.25) is 0 Å². The van der Waals surface area contributed by atoms with Crippen LogP contribution in [0.15, 0.2) is 47.4 Å². The second-order valence-electron chi connectivity index (χ2n) is 5.14. The molecule has 4 heteroatoms. The Bertz CT molecular complexity index is 702. The largest absolute Gasteiger partial charge is 0.254 e. The highest BCUT2D eigenvalue weighted by Gasteiger charge is 2.09. The third-order valence-electron chi connectivity index (χ3n) is 3.26. The first kappa shape index (κ1) is 15.4. The van der Waals surface area contributed by atoms with E-state index in [9.17, 15) is 8.60 Å². The van der Waals surface area contributed by atoms with Crippen LogP contribution in [-0.2, 0) is 16.6 Å². The number of nitrogens with zero attached hydrogens (tertiary/aromatic N) is 1. The van der Waals surface area contributed by atoms with E-state index < -0.39 is 16.6 Å². The molecule has 0 fully saturated rings. The van der Waals surface area contributed by atoms with E-state index in [2.05, 4.69) is 13.8 Å². The fourth-order valence-corrected chi connectivity index (χ4v) is 3.08. The molecule has 21 heavy (non-hydrogen) atoms. The predicted molar refractivity (Wildman–Crippen MR) is 81.8 cm³/mol. The van der Waals surface area contributed by atoms with Crippen molar-refractivity contribution in [3.8, 4) is 6.07 Å². The third-order valence-corrected chi connectivity index (χ3v) is 4.65. The molecule has 0 heterocycles. The van der Waals surface area contributed by atoms with E-state index in [0.717, 1.165) is 4.90 Å². The maximum atomic E-state index is 13.3. The smallest absolute Gasteiger partial charge is 0.140 e. The predicted octanol–water partition coefficient (Wildman–Crippen LogP) is 4.13. The Labute approximate surface area is 126 Å². The molecule has 2 aromatic rings. The zero-order valence-electron chi connectivity index (χ0n) is 12.0. The molecule has 2 aromatic carbocycles. The molecule has 108 valence electrons. The molecule has 0 bridgehead atoms. The summed E-state index contributed by atoms with van der Waals surface area (Å²) in [7, 11) is -1.20. The van der Waals surface area contributed by atoms with Gasteiger partial charge in [0.1, 0.15) is 11.9 Å². The van der Waals surface area contributed by atoms with Crippen LogP contribution in [0.4, 0.5) is 4.39 Å². The molecule has 0 aliphatic rings. The Morgan fingerprint density at radius 2 is 1.86 bits per heavy atom. The number of hydrogen-bond acceptors (Lipinski definition) is 2. The van der Waals surface area contributed by atoms with E-state index in [1.165, 1.54) is 17.7 Å². The Morgan fingerprint density at radius 1 is 1.19 bits per heavy atom. The highest BCUT2D eigenvalue weighted by Crippen LogP contribution is 2.19. The van der Waals surface area contributed by atoms with Gasteiger partial charge in [0.15, 0.2) is 0 Å². The number of benzene rings is 2. The summed E-state index contributed by atoms with van der Waals surface area (Å²) in [6.07, 6.45) is 0. The number of halogens is 1. The van der Waals surface area contributed by atoms with Crippen molar-refractivity contribution >= 4 is 10.8 Å². The maximum absolute atomic E-state index is 13.3. The molecule has 0 aliphatic carbocycles. The van der Waals surface area contributed by atoms with Crippen molar-refractivity contribution in [1.82, 2.24) is 0 Å². The average Bonchev–Trinajstić information content (AvgIpc) is 2.49. The van der Waals surface area contributed by atoms with Crippen molar-refractivity contribution < 1.29 is 8.60 Å². The van der Waals surface area contributed by atoms with Crippen molar-refractivity contribution in [1.29, 1.82) is 5.26 Å². The number of nitriles is 1. The molecule has 0 aliphatic heterocycles. The first-order chi connectivity index (χ1) is 10.0. The van der Waals surface area contributed by atoms with Crippen LogP contribution in [0.2, 0.25) is 0 Å². The molecular formula is C17H16FNOS. The Balaban J connectivity index is 2.16. The second kappa shape index (κ2) is 6.64. The minimum atomic E-state index is -1.20. The maximum Gasteiger partial charge on any atom is 0.140 e. The normalized spacial score (nSPS) is 12.1. The lowest BCUT2D eigenvalue weighted by Gasteiger charge is -2.07. The highest BCUT2D eigenvalue weighted by atomic mass is 32.2. The molecule has 2 rings (SSSR count). The van der Waals surface area contributed by atoms with Crippen molar-refractivity contribution in [3.63, 3.8) is 0 Å². The van der Waals surface area contributed by atoms with Gasteiger partial charge in [-0.15, -0.1) is 0 Å². The van der Waals surface area contributed by atoms with E-state index >= 15 is 0 Å². The Morgan fingerprint density at radius 3 is 2.43 bits per heavy atom. The zero-order valence-corrected chi connectivity index (χ0v) is 12.8. The summed E-state index contributed by atoms with van der Waals surface area (Å²) in [6.45, 7) is 4.21. The zero-order chi connectivity index (χ0) is 15.4. The monoisotopic (exact) mass is 301 g/mol. The Kier molecular flexibility index (Phi) is 4.87. The SMILES string of the molecule is CC(C)c1ccc(S(=O)Cc2ccc(F)c(C#N)c2)cc1. The molecule has 0 aromatic heterocycles. The van der Waals surface area contributed by atoms with Gasteiger partial charge >= 0.3 is 0 Å². The van der Waals surface area contributed by atoms with Crippen LogP contribution in [0.5, 0.6) is 0 Å². The van der Waals surface area contributed by atoms with Gasteiger partial charge in [-0.05, 0) is 41.3 Å². The lowest BCUT2D eigenvalue weighted by molar-refractivity contribution is 0.623. The lowest BCUT2D eigenvalue weighted by atomic mass is 10.0. The summed E-state index contributed by atoms with van der Waals surface area (Å²) in [5.74, 6) is 0.159. The van der Waals surface area contributed by atoms with Crippen LogP contribution in [-0.4, -0.2) is 4.21 Å². The lowest BCUT2D eigenvalue weighted by Crippen LogP contribution is -1.98. The van der Waals surface area contributed by atoms with Gasteiger partial charge in [0, 0.05) is 4.90 Å². The topological polar surface area (TPSA) is 40.9 Å². The second-order valence-corrected chi connectivity index (χ2v) is 6.59. The van der Waals surface area contributed by atoms with Crippen LogP contribution in [0.25, 0.3) is 0 Å². The fraction of sp³-hybridized carbons (Fsp3) is 0.235. The van der Waals surface area contributed by atoms with Crippen LogP contribution in [0, 0.1) is 17.1 Å². The van der Waals surface area contributed by atoms with Gasteiger partial charge in [-0.2, -0.15) is 5.26 Å². The summed E-state index contributed by atoms with van der Waals surface area (Å²) in [5, 5.41) is 8.81. The number of rotatable bonds is 4. The quantitative estimate of drug-likeness (QED) is 0.852. The van der Waals surface area contributed by atoms with E-state index in [-0.39, 0.29) is 11.3 Å². The molecule has 0 radical (unpaired) electrons. The fourth-order valence-electron chi connectivity index (χ4n) is 1.99. The molecule has 0 saturated carbocycles. The summed E-state index contributed by atoms with van der Waals surface area (Å²) < 4.78 is 25.6. The van der Waals surface area contributed by atoms with Gasteiger partial charge < -0.3 is 0 Å². The van der Waals surface area contributed by atoms with Crippen LogP contribution < -0.4 is 0 Å². The van der Waals surface area contributed by atoms with Crippen molar-refractivity contribution in [2.24, 2.45) is 0 Å². The van der Waals surface area contributed by atoms with Crippen molar-refractivity contribution in [2.45, 2.75) is 30.4 Å². The molecule has 0 spiro atoms. The Hall–Kier alpha value is -1.99. The standard InChI is InChI=1S/C17H16FNOS/c1-12(2)14-4-6-16(7-5-14)21(20)11-13-3-8-17(18)15(9-13)10-19/h3-9,12H,11H2,1-2H3. The third kappa shape index (κ3) is 3.77. The van der Waals surface area contributed by atoms with Gasteiger partial charge in [0.05, 0.1) is 22.1 Å². The van der Waals surface area contributed by atoms with Gasteiger partial charge in [-0.3, -0.25) is 4.21 Å². The average molecular weight is 301 g/mol.